The van der Waals surface area contributed by atoms with Crippen molar-refractivity contribution in [1.82, 2.24) is 5.32 Å². The second-order valence-corrected chi connectivity index (χ2v) is 15.5. The molecule has 4 rings (SSSR count). The number of unbranched alkanes of at least 4 members (excludes halogenated alkanes) is 1. The van der Waals surface area contributed by atoms with Crippen molar-refractivity contribution in [2.24, 2.45) is 5.41 Å². The number of aryl methyl sites for hydroxylation is 1. The van der Waals surface area contributed by atoms with E-state index in [0.717, 1.165) is 18.4 Å². The fraction of sp³-hybridized carbons (Fsp3) is 0.567. The average molecular weight is 673 g/mol. The van der Waals surface area contributed by atoms with Crippen molar-refractivity contribution in [1.29, 1.82) is 0 Å². The molecule has 0 radical (unpaired) electrons. The van der Waals surface area contributed by atoms with Crippen LogP contribution in [0.1, 0.15) is 62.1 Å². The van der Waals surface area contributed by atoms with Gasteiger partial charge in [-0.3, -0.25) is 4.55 Å². The average Bonchev–Trinajstić information content (AvgIpc) is 3.02. The predicted molar refractivity (Wildman–Crippen MR) is 164 cm³/mol. The molecule has 250 valence electrons. The summed E-state index contributed by atoms with van der Waals surface area (Å²) in [6, 6.07) is 10.6. The lowest BCUT2D eigenvalue weighted by atomic mass is 9.69. The Bertz CT molecular complexity index is 1610. The molecule has 2 aromatic carbocycles. The molecule has 2 aliphatic rings. The first kappa shape index (κ1) is 35.2. The number of halogens is 1. The maximum Gasteiger partial charge on any atom is 0.321 e. The van der Waals surface area contributed by atoms with E-state index in [9.17, 15) is 41.3 Å². The Hall–Kier alpha value is -2.66. The number of aliphatic hydroxyl groups is 3. The Kier molecular flexibility index (Phi) is 10.6. The molecule has 8 atom stereocenters. The molecule has 0 spiro atoms. The van der Waals surface area contributed by atoms with Gasteiger partial charge in [0.15, 0.2) is 22.2 Å². The zero-order valence-electron chi connectivity index (χ0n) is 25.3. The number of urea groups is 1. The number of benzene rings is 2. The first-order chi connectivity index (χ1) is 21.0. The fourth-order valence-corrected chi connectivity index (χ4v) is 9.28. The van der Waals surface area contributed by atoms with Gasteiger partial charge in [0.25, 0.3) is 10.1 Å². The van der Waals surface area contributed by atoms with Crippen LogP contribution in [-0.2, 0) is 24.7 Å². The molecule has 15 heteroatoms. The minimum Gasteiger partial charge on any atom is -0.392 e. The SMILES string of the molecule is CCCC[C@]1(CC)CS(=O)(=O)c2ccc(C)cc2[C@@H](c2cccc(NC(=O)N[C@@H]3O[C@H](CS(=O)(=O)O)[C@@H](F)[C@H](O)[C@H]3O)c2)[C@H]1O. The van der Waals surface area contributed by atoms with Crippen LogP contribution in [0.3, 0.4) is 0 Å². The number of alkyl halides is 1. The number of nitrogens with one attached hydrogen (secondary N) is 2. The maximum absolute atomic E-state index is 14.4. The number of carbonyl (C=O) groups is 1. The van der Waals surface area contributed by atoms with Crippen molar-refractivity contribution in [2.75, 3.05) is 16.8 Å². The third kappa shape index (κ3) is 7.67. The number of rotatable bonds is 9. The summed E-state index contributed by atoms with van der Waals surface area (Å²) >= 11 is 0. The van der Waals surface area contributed by atoms with Crippen LogP contribution in [0.5, 0.6) is 0 Å². The highest BCUT2D eigenvalue weighted by molar-refractivity contribution is 7.91. The quantitative estimate of drug-likeness (QED) is 0.215. The van der Waals surface area contributed by atoms with E-state index >= 15 is 0 Å². The largest absolute Gasteiger partial charge is 0.392 e. The van der Waals surface area contributed by atoms with Crippen LogP contribution in [0.4, 0.5) is 14.9 Å². The smallest absolute Gasteiger partial charge is 0.321 e. The molecule has 0 bridgehead atoms. The van der Waals surface area contributed by atoms with Crippen molar-refractivity contribution in [2.45, 2.75) is 94.1 Å². The molecule has 2 amide bonds. The van der Waals surface area contributed by atoms with Crippen molar-refractivity contribution < 1.29 is 50.6 Å². The van der Waals surface area contributed by atoms with Gasteiger partial charge in [0.1, 0.15) is 24.1 Å². The summed E-state index contributed by atoms with van der Waals surface area (Å²) in [5.41, 5.74) is 1.09. The van der Waals surface area contributed by atoms with Crippen LogP contribution >= 0.6 is 0 Å². The molecule has 12 nitrogen and oxygen atoms in total. The first-order valence-electron chi connectivity index (χ1n) is 14.8. The van der Waals surface area contributed by atoms with Crippen molar-refractivity contribution in [3.8, 4) is 0 Å². The predicted octanol–water partition coefficient (Wildman–Crippen LogP) is 2.66. The van der Waals surface area contributed by atoms with E-state index in [2.05, 4.69) is 10.6 Å². The van der Waals surface area contributed by atoms with Gasteiger partial charge in [0.2, 0.25) is 0 Å². The highest BCUT2D eigenvalue weighted by Gasteiger charge is 2.49. The van der Waals surface area contributed by atoms with Gasteiger partial charge in [0, 0.05) is 17.0 Å². The Morgan fingerprint density at radius 3 is 2.47 bits per heavy atom. The molecule has 1 fully saturated rings. The molecule has 1 saturated heterocycles. The van der Waals surface area contributed by atoms with Crippen LogP contribution in [0.2, 0.25) is 0 Å². The van der Waals surface area contributed by atoms with E-state index in [1.807, 2.05) is 20.8 Å². The molecule has 6 N–H and O–H groups in total. The number of hydrogen-bond acceptors (Lipinski definition) is 9. The summed E-state index contributed by atoms with van der Waals surface area (Å²) in [6.45, 7) is 5.71. The van der Waals surface area contributed by atoms with Crippen molar-refractivity contribution in [3.05, 3.63) is 59.2 Å². The van der Waals surface area contributed by atoms with Gasteiger partial charge in [-0.2, -0.15) is 8.42 Å². The topological polar surface area (TPSA) is 200 Å². The standard InChI is InChI=1S/C30H41FN2O10S2/c1-4-6-12-30(5-2)16-44(38,39)22-11-10-17(3)13-20(22)23(27(30)36)18-8-7-9-19(14-18)32-29(37)33-28-26(35)25(34)24(31)21(43-28)15-45(40,41)42/h7-11,13-14,21,23-28,34-36H,4-6,12,15-16H2,1-3H3,(H2,32,33,37)(H,40,41,42)/t21-,23-,24-,25+,26-,27-,28-,30-/m1/s1. The molecule has 0 saturated carbocycles. The zero-order chi connectivity index (χ0) is 33.3. The fourth-order valence-electron chi connectivity index (χ4n) is 6.35. The number of hydrogen-bond donors (Lipinski definition) is 6. The van der Waals surface area contributed by atoms with E-state index < -0.39 is 79.9 Å². The number of sulfone groups is 1. The monoisotopic (exact) mass is 672 g/mol. The number of amides is 2. The summed E-state index contributed by atoms with van der Waals surface area (Å²) in [4.78, 5) is 13.1. The second-order valence-electron chi connectivity index (χ2n) is 12.0. The molecule has 0 aromatic heterocycles. The highest BCUT2D eigenvalue weighted by atomic mass is 32.2. The van der Waals surface area contributed by atoms with Gasteiger partial charge >= 0.3 is 6.03 Å². The minimum absolute atomic E-state index is 0.146. The van der Waals surface area contributed by atoms with Gasteiger partial charge in [-0.1, -0.05) is 56.5 Å². The summed E-state index contributed by atoms with van der Waals surface area (Å²) in [7, 11) is -8.48. The van der Waals surface area contributed by atoms with Crippen molar-refractivity contribution >= 4 is 31.7 Å². The van der Waals surface area contributed by atoms with Gasteiger partial charge in [-0.15, -0.1) is 0 Å². The van der Waals surface area contributed by atoms with Crippen LogP contribution in [0.15, 0.2) is 47.4 Å². The Morgan fingerprint density at radius 1 is 1.11 bits per heavy atom. The molecule has 2 aromatic rings. The van der Waals surface area contributed by atoms with E-state index in [1.54, 1.807) is 36.4 Å². The van der Waals surface area contributed by atoms with Crippen molar-refractivity contribution in [3.63, 3.8) is 0 Å². The zero-order valence-corrected chi connectivity index (χ0v) is 26.9. The number of ether oxygens (including phenoxy) is 1. The summed E-state index contributed by atoms with van der Waals surface area (Å²) in [6.07, 6.45) is -8.63. The van der Waals surface area contributed by atoms with E-state index in [4.69, 9.17) is 9.29 Å². The van der Waals surface area contributed by atoms with Crippen LogP contribution in [-0.4, -0.2) is 91.1 Å². The highest BCUT2D eigenvalue weighted by Crippen LogP contribution is 2.49. The number of anilines is 1. The summed E-state index contributed by atoms with van der Waals surface area (Å²) in [5.74, 6) is -2.18. The third-order valence-corrected chi connectivity index (χ3v) is 11.5. The number of aliphatic hydroxyl groups excluding tert-OH is 3. The lowest BCUT2D eigenvalue weighted by Crippen LogP contribution is -2.62. The Balaban J connectivity index is 1.65. The lowest BCUT2D eigenvalue weighted by Gasteiger charge is -2.39. The Labute approximate surface area is 262 Å². The molecular weight excluding hydrogens is 631 g/mol. The molecular formula is C30H41FN2O10S2. The normalized spacial score (nSPS) is 31.4. The maximum atomic E-state index is 14.4. The lowest BCUT2D eigenvalue weighted by molar-refractivity contribution is -0.202. The molecule has 0 aliphatic carbocycles. The number of fused-ring (bicyclic) bond motifs is 1. The number of carbonyl (C=O) groups excluding carboxylic acids is 1. The minimum atomic E-state index is -4.71. The van der Waals surface area contributed by atoms with E-state index in [1.165, 1.54) is 6.07 Å². The van der Waals surface area contributed by atoms with Gasteiger partial charge in [-0.05, 0) is 49.1 Å². The molecule has 2 heterocycles. The van der Waals surface area contributed by atoms with Crippen LogP contribution in [0.25, 0.3) is 0 Å². The second kappa shape index (κ2) is 13.6. The van der Waals surface area contributed by atoms with Crippen LogP contribution < -0.4 is 10.6 Å². The van der Waals surface area contributed by atoms with E-state index in [-0.39, 0.29) is 16.3 Å². The third-order valence-electron chi connectivity index (χ3n) is 8.80. The van der Waals surface area contributed by atoms with Gasteiger partial charge in [-0.25, -0.2) is 17.6 Å². The molecule has 0 unspecified atom stereocenters. The Morgan fingerprint density at radius 2 is 1.82 bits per heavy atom. The van der Waals surface area contributed by atoms with E-state index in [0.29, 0.717) is 24.0 Å². The summed E-state index contributed by atoms with van der Waals surface area (Å²) in [5, 5.41) is 37.1. The molecule has 45 heavy (non-hydrogen) atoms. The van der Waals surface area contributed by atoms with Crippen LogP contribution in [0, 0.1) is 12.3 Å². The van der Waals surface area contributed by atoms with Gasteiger partial charge < -0.3 is 30.7 Å². The molecule has 2 aliphatic heterocycles. The summed E-state index contributed by atoms with van der Waals surface area (Å²) < 4.78 is 78.7. The van der Waals surface area contributed by atoms with Gasteiger partial charge in [0.05, 0.1) is 16.8 Å². The first-order valence-corrected chi connectivity index (χ1v) is 18.1.